The second-order valence-corrected chi connectivity index (χ2v) is 8.37. The van der Waals surface area contributed by atoms with E-state index in [1.54, 1.807) is 11.2 Å². The summed E-state index contributed by atoms with van der Waals surface area (Å²) in [5, 5.41) is 3.00. The molecule has 1 fully saturated rings. The highest BCUT2D eigenvalue weighted by atomic mass is 16.6. The minimum Gasteiger partial charge on any atom is -0.444 e. The van der Waals surface area contributed by atoms with Gasteiger partial charge in [0, 0.05) is 19.1 Å². The molecule has 2 heterocycles. The van der Waals surface area contributed by atoms with Crippen LogP contribution in [0.3, 0.4) is 0 Å². The Morgan fingerprint density at radius 3 is 2.82 bits per heavy atom. The summed E-state index contributed by atoms with van der Waals surface area (Å²) in [7, 11) is 0. The first-order valence-corrected chi connectivity index (χ1v) is 9.95. The molecule has 1 aromatic heterocycles. The largest absolute Gasteiger partial charge is 0.444 e. The van der Waals surface area contributed by atoms with Crippen molar-refractivity contribution in [1.82, 2.24) is 19.8 Å². The van der Waals surface area contributed by atoms with E-state index >= 15 is 0 Å². The molecule has 28 heavy (non-hydrogen) atoms. The molecule has 2 atom stereocenters. The minimum absolute atomic E-state index is 0.0510. The number of nitrogens with zero attached hydrogens (tertiary/aromatic N) is 3. The van der Waals surface area contributed by atoms with E-state index in [9.17, 15) is 9.59 Å². The maximum Gasteiger partial charge on any atom is 0.410 e. The summed E-state index contributed by atoms with van der Waals surface area (Å²) in [5.41, 5.74) is 1.32. The molecule has 2 amide bonds. The fourth-order valence-electron chi connectivity index (χ4n) is 3.62. The van der Waals surface area contributed by atoms with Crippen LogP contribution in [0.1, 0.15) is 53.0 Å². The first-order valence-electron chi connectivity index (χ1n) is 9.95. The maximum absolute atomic E-state index is 12.6. The third kappa shape index (κ3) is 4.64. The van der Waals surface area contributed by atoms with E-state index in [4.69, 9.17) is 4.74 Å². The van der Waals surface area contributed by atoms with Crippen molar-refractivity contribution in [1.29, 1.82) is 0 Å². The SMILES string of the molecule is C[C@@H](C(=O)NCC[C@@H]1CCCN1C(=O)OC(C)(C)C)n1cnc2ccccc21. The van der Waals surface area contributed by atoms with Crippen molar-refractivity contribution in [2.45, 2.75) is 64.6 Å². The number of benzene rings is 1. The van der Waals surface area contributed by atoms with Crippen molar-refractivity contribution in [3.63, 3.8) is 0 Å². The summed E-state index contributed by atoms with van der Waals surface area (Å²) in [6.07, 6.45) is 4.07. The summed E-state index contributed by atoms with van der Waals surface area (Å²) < 4.78 is 7.38. The van der Waals surface area contributed by atoms with Crippen LogP contribution >= 0.6 is 0 Å². The van der Waals surface area contributed by atoms with Crippen molar-refractivity contribution in [2.75, 3.05) is 13.1 Å². The Labute approximate surface area is 166 Å². The molecule has 0 saturated carbocycles. The molecule has 1 aromatic carbocycles. The Bertz CT molecular complexity index is 840. The number of imidazole rings is 1. The number of carbonyl (C=O) groups excluding carboxylic acids is 2. The fourth-order valence-corrected chi connectivity index (χ4v) is 3.62. The topological polar surface area (TPSA) is 76.5 Å². The van der Waals surface area contributed by atoms with Crippen LogP contribution in [0.5, 0.6) is 0 Å². The molecule has 0 unspecified atom stereocenters. The van der Waals surface area contributed by atoms with Gasteiger partial charge in [-0.15, -0.1) is 0 Å². The number of para-hydroxylation sites is 2. The average Bonchev–Trinajstić information content (AvgIpc) is 3.26. The number of hydrogen-bond acceptors (Lipinski definition) is 4. The van der Waals surface area contributed by atoms with Gasteiger partial charge in [-0.25, -0.2) is 9.78 Å². The number of amides is 2. The van der Waals surface area contributed by atoms with Crippen LogP contribution in [0.2, 0.25) is 0 Å². The molecule has 0 aliphatic carbocycles. The first kappa shape index (κ1) is 20.2. The van der Waals surface area contributed by atoms with E-state index in [0.717, 1.165) is 30.3 Å². The molecule has 3 rings (SSSR count). The quantitative estimate of drug-likeness (QED) is 0.853. The number of aromatic nitrogens is 2. The van der Waals surface area contributed by atoms with Gasteiger partial charge in [-0.05, 0) is 59.1 Å². The van der Waals surface area contributed by atoms with Crippen LogP contribution in [0.4, 0.5) is 4.79 Å². The lowest BCUT2D eigenvalue weighted by molar-refractivity contribution is -0.123. The van der Waals surface area contributed by atoms with Gasteiger partial charge in [-0.1, -0.05) is 12.1 Å². The van der Waals surface area contributed by atoms with Gasteiger partial charge in [0.15, 0.2) is 0 Å². The number of fused-ring (bicyclic) bond motifs is 1. The molecule has 2 aromatic rings. The van der Waals surface area contributed by atoms with Crippen molar-refractivity contribution in [2.24, 2.45) is 0 Å². The lowest BCUT2D eigenvalue weighted by Gasteiger charge is -2.28. The highest BCUT2D eigenvalue weighted by molar-refractivity contribution is 5.83. The van der Waals surface area contributed by atoms with Gasteiger partial charge in [0.1, 0.15) is 11.6 Å². The number of carbonyl (C=O) groups is 2. The predicted octanol–water partition coefficient (Wildman–Crippen LogP) is 3.50. The van der Waals surface area contributed by atoms with Crippen molar-refractivity contribution >= 4 is 23.0 Å². The number of nitrogens with one attached hydrogen (secondary N) is 1. The molecule has 1 saturated heterocycles. The van der Waals surface area contributed by atoms with Crippen molar-refractivity contribution in [3.8, 4) is 0 Å². The monoisotopic (exact) mass is 386 g/mol. The van der Waals surface area contributed by atoms with Crippen LogP contribution in [0.15, 0.2) is 30.6 Å². The Kier molecular flexibility index (Phi) is 5.91. The third-order valence-corrected chi connectivity index (χ3v) is 5.06. The van der Waals surface area contributed by atoms with Gasteiger partial charge in [0.2, 0.25) is 5.91 Å². The molecule has 1 aliphatic heterocycles. The maximum atomic E-state index is 12.6. The smallest absolute Gasteiger partial charge is 0.410 e. The predicted molar refractivity (Wildman–Crippen MR) is 108 cm³/mol. The number of ether oxygens (including phenoxy) is 1. The van der Waals surface area contributed by atoms with Crippen LogP contribution in [-0.4, -0.2) is 51.2 Å². The van der Waals surface area contributed by atoms with E-state index < -0.39 is 5.60 Å². The van der Waals surface area contributed by atoms with Crippen LogP contribution < -0.4 is 5.32 Å². The standard InChI is InChI=1S/C21H30N4O3/c1-15(25-14-23-17-9-5-6-10-18(17)25)19(26)22-12-11-16-8-7-13-24(16)20(27)28-21(2,3)4/h5-6,9-10,14-16H,7-8,11-13H2,1-4H3,(H,22,26)/t15-,16-/m0/s1. The average molecular weight is 386 g/mol. The molecule has 152 valence electrons. The summed E-state index contributed by atoms with van der Waals surface area (Å²) in [5.74, 6) is -0.0510. The lowest BCUT2D eigenvalue weighted by atomic mass is 10.1. The Balaban J connectivity index is 1.52. The van der Waals surface area contributed by atoms with Gasteiger partial charge in [0.25, 0.3) is 0 Å². The molecule has 1 N–H and O–H groups in total. The minimum atomic E-state index is -0.499. The Morgan fingerprint density at radius 1 is 1.32 bits per heavy atom. The highest BCUT2D eigenvalue weighted by Crippen LogP contribution is 2.23. The van der Waals surface area contributed by atoms with Crippen LogP contribution in [-0.2, 0) is 9.53 Å². The summed E-state index contributed by atoms with van der Waals surface area (Å²) in [6.45, 7) is 8.73. The molecule has 0 bridgehead atoms. The zero-order valence-corrected chi connectivity index (χ0v) is 17.1. The van der Waals surface area contributed by atoms with Crippen molar-refractivity contribution in [3.05, 3.63) is 30.6 Å². The number of hydrogen-bond donors (Lipinski definition) is 1. The fraction of sp³-hybridized carbons (Fsp3) is 0.571. The molecule has 1 aliphatic rings. The van der Waals surface area contributed by atoms with E-state index in [2.05, 4.69) is 10.3 Å². The zero-order chi connectivity index (χ0) is 20.3. The molecule has 0 radical (unpaired) electrons. The van der Waals surface area contributed by atoms with Gasteiger partial charge >= 0.3 is 6.09 Å². The van der Waals surface area contributed by atoms with E-state index in [1.165, 1.54) is 0 Å². The molecule has 7 nitrogen and oxygen atoms in total. The highest BCUT2D eigenvalue weighted by Gasteiger charge is 2.32. The summed E-state index contributed by atoms with van der Waals surface area (Å²) >= 11 is 0. The molecular weight excluding hydrogens is 356 g/mol. The van der Waals surface area contributed by atoms with Gasteiger partial charge in [-0.2, -0.15) is 0 Å². The summed E-state index contributed by atoms with van der Waals surface area (Å²) in [4.78, 5) is 31.1. The van der Waals surface area contributed by atoms with Crippen molar-refractivity contribution < 1.29 is 14.3 Å². The summed E-state index contributed by atoms with van der Waals surface area (Å²) in [6, 6.07) is 7.53. The molecule has 0 spiro atoms. The van der Waals surface area contributed by atoms with Crippen LogP contribution in [0.25, 0.3) is 11.0 Å². The van der Waals surface area contributed by atoms with Gasteiger partial charge in [0.05, 0.1) is 17.4 Å². The Hall–Kier alpha value is -2.57. The number of likely N-dealkylation sites (tertiary alicyclic amines) is 1. The Morgan fingerprint density at radius 2 is 2.07 bits per heavy atom. The third-order valence-electron chi connectivity index (χ3n) is 5.06. The second-order valence-electron chi connectivity index (χ2n) is 8.37. The zero-order valence-electron chi connectivity index (χ0n) is 17.1. The van der Waals surface area contributed by atoms with E-state index in [-0.39, 0.29) is 24.1 Å². The second kappa shape index (κ2) is 8.20. The van der Waals surface area contributed by atoms with Gasteiger partial charge in [-0.3, -0.25) is 4.79 Å². The van der Waals surface area contributed by atoms with E-state index in [1.807, 2.05) is 56.5 Å². The molecule has 7 heteroatoms. The number of rotatable bonds is 5. The van der Waals surface area contributed by atoms with Gasteiger partial charge < -0.3 is 19.5 Å². The normalized spacial score (nSPS) is 18.3. The lowest BCUT2D eigenvalue weighted by Crippen LogP contribution is -2.41. The first-order chi connectivity index (χ1) is 13.3. The molecular formula is C21H30N4O3. The van der Waals surface area contributed by atoms with Crippen LogP contribution in [0, 0.1) is 0 Å². The van der Waals surface area contributed by atoms with E-state index in [0.29, 0.717) is 13.1 Å².